The molecule has 2 aromatic carbocycles. The Hall–Kier alpha value is -3.41. The second-order valence-electron chi connectivity index (χ2n) is 9.49. The SMILES string of the molecule is COCCNCCC(=O)Nc1sc2c(c1-c1nc3cc(-c4ccc5c(=O)[nH]ccc5c4)ccc3s1)CCNC2. The van der Waals surface area contributed by atoms with E-state index >= 15 is 0 Å². The quantitative estimate of drug-likeness (QED) is 0.194. The molecule has 3 aromatic heterocycles. The van der Waals surface area contributed by atoms with Crippen molar-refractivity contribution < 1.29 is 9.53 Å². The van der Waals surface area contributed by atoms with Gasteiger partial charge in [-0.15, -0.1) is 22.7 Å². The molecule has 10 heteroatoms. The summed E-state index contributed by atoms with van der Waals surface area (Å²) in [4.78, 5) is 34.0. The molecule has 0 fully saturated rings. The summed E-state index contributed by atoms with van der Waals surface area (Å²) in [6.45, 7) is 3.66. The highest BCUT2D eigenvalue weighted by Crippen LogP contribution is 2.45. The lowest BCUT2D eigenvalue weighted by Crippen LogP contribution is -2.24. The van der Waals surface area contributed by atoms with Crippen molar-refractivity contribution >= 4 is 54.6 Å². The predicted octanol–water partition coefficient (Wildman–Crippen LogP) is 4.74. The molecule has 5 aromatic rings. The van der Waals surface area contributed by atoms with Crippen LogP contribution in [0.1, 0.15) is 16.9 Å². The van der Waals surface area contributed by atoms with Gasteiger partial charge in [0.05, 0.1) is 16.8 Å². The van der Waals surface area contributed by atoms with Crippen molar-refractivity contribution in [3.05, 3.63) is 69.5 Å². The molecular formula is C29H29N5O3S2. The van der Waals surface area contributed by atoms with Gasteiger partial charge in [0.1, 0.15) is 10.0 Å². The molecule has 0 unspecified atom stereocenters. The van der Waals surface area contributed by atoms with Crippen molar-refractivity contribution in [3.8, 4) is 21.7 Å². The minimum Gasteiger partial charge on any atom is -0.383 e. The molecule has 200 valence electrons. The van der Waals surface area contributed by atoms with Gasteiger partial charge in [0, 0.05) is 55.2 Å². The first kappa shape index (κ1) is 25.8. The Morgan fingerprint density at radius 3 is 2.87 bits per heavy atom. The third-order valence-corrected chi connectivity index (χ3v) is 9.10. The van der Waals surface area contributed by atoms with Crippen LogP contribution in [0.25, 0.3) is 42.7 Å². The van der Waals surface area contributed by atoms with Gasteiger partial charge >= 0.3 is 0 Å². The third kappa shape index (κ3) is 5.39. The van der Waals surface area contributed by atoms with Crippen molar-refractivity contribution in [2.45, 2.75) is 19.4 Å². The first-order chi connectivity index (χ1) is 19.1. The van der Waals surface area contributed by atoms with Gasteiger partial charge in [0.2, 0.25) is 5.91 Å². The molecule has 0 saturated heterocycles. The van der Waals surface area contributed by atoms with Gasteiger partial charge in [0.15, 0.2) is 0 Å². The molecule has 39 heavy (non-hydrogen) atoms. The van der Waals surface area contributed by atoms with E-state index in [0.29, 0.717) is 25.0 Å². The van der Waals surface area contributed by atoms with E-state index < -0.39 is 0 Å². The minimum atomic E-state index is -0.0850. The van der Waals surface area contributed by atoms with E-state index in [0.717, 1.165) is 68.4 Å². The van der Waals surface area contributed by atoms with Crippen LogP contribution in [0.15, 0.2) is 53.5 Å². The van der Waals surface area contributed by atoms with Gasteiger partial charge < -0.3 is 25.7 Å². The molecule has 0 aliphatic carbocycles. The number of rotatable bonds is 9. The fraction of sp³-hybridized carbons (Fsp3) is 0.276. The number of nitrogens with one attached hydrogen (secondary N) is 4. The van der Waals surface area contributed by atoms with E-state index in [1.54, 1.807) is 36.0 Å². The summed E-state index contributed by atoms with van der Waals surface area (Å²) in [7, 11) is 1.67. The monoisotopic (exact) mass is 559 g/mol. The molecular weight excluding hydrogens is 530 g/mol. The summed E-state index contributed by atoms with van der Waals surface area (Å²) in [6.07, 6.45) is 2.98. The number of H-pyrrole nitrogens is 1. The lowest BCUT2D eigenvalue weighted by molar-refractivity contribution is -0.116. The van der Waals surface area contributed by atoms with Gasteiger partial charge in [-0.3, -0.25) is 9.59 Å². The number of methoxy groups -OCH3 is 1. The Morgan fingerprint density at radius 1 is 1.10 bits per heavy atom. The number of benzene rings is 2. The van der Waals surface area contributed by atoms with Crippen molar-refractivity contribution in [1.29, 1.82) is 0 Å². The second-order valence-corrected chi connectivity index (χ2v) is 11.6. The fourth-order valence-corrected chi connectivity index (χ4v) is 7.25. The van der Waals surface area contributed by atoms with E-state index in [4.69, 9.17) is 9.72 Å². The molecule has 0 radical (unpaired) electrons. The highest BCUT2D eigenvalue weighted by molar-refractivity contribution is 7.23. The topological polar surface area (TPSA) is 108 Å². The number of thiazole rings is 1. The van der Waals surface area contributed by atoms with E-state index in [-0.39, 0.29) is 11.5 Å². The fourth-order valence-electron chi connectivity index (χ4n) is 4.93. The standard InChI is InChI=1S/C29H29N5O3S2/c1-37-13-12-30-10-8-25(35)34-29-26(21-7-9-31-16-24(21)39-29)28-33-22-15-18(3-5-23(22)38-28)17-2-4-20-19(14-17)6-11-32-27(20)36/h2-6,11,14-15,30-31H,7-10,12-13,16H2,1H3,(H,32,36)(H,34,35). The smallest absolute Gasteiger partial charge is 0.255 e. The Bertz CT molecular complexity index is 1720. The van der Waals surface area contributed by atoms with Crippen LogP contribution < -0.4 is 21.5 Å². The Labute approximate surface area is 233 Å². The number of aromatic nitrogens is 2. The van der Waals surface area contributed by atoms with Gasteiger partial charge in [-0.25, -0.2) is 4.98 Å². The highest BCUT2D eigenvalue weighted by Gasteiger charge is 2.25. The zero-order valence-corrected chi connectivity index (χ0v) is 23.2. The number of nitrogens with zero attached hydrogens (tertiary/aromatic N) is 1. The second kappa shape index (κ2) is 11.4. The average Bonchev–Trinajstić information content (AvgIpc) is 3.53. The predicted molar refractivity (Wildman–Crippen MR) is 160 cm³/mol. The van der Waals surface area contributed by atoms with E-state index in [2.05, 4.69) is 39.1 Å². The molecule has 0 spiro atoms. The molecule has 4 heterocycles. The van der Waals surface area contributed by atoms with Gasteiger partial charge in [0.25, 0.3) is 5.56 Å². The number of carbonyl (C=O) groups is 1. The number of amides is 1. The van der Waals surface area contributed by atoms with Gasteiger partial charge in [-0.05, 0) is 65.4 Å². The number of carbonyl (C=O) groups excluding carboxylic acids is 1. The van der Waals surface area contributed by atoms with Crippen LogP contribution in [0, 0.1) is 0 Å². The first-order valence-corrected chi connectivity index (χ1v) is 14.6. The van der Waals surface area contributed by atoms with Crippen LogP contribution in [0.5, 0.6) is 0 Å². The van der Waals surface area contributed by atoms with Gasteiger partial charge in [-0.1, -0.05) is 12.1 Å². The Balaban J connectivity index is 1.31. The summed E-state index contributed by atoms with van der Waals surface area (Å²) >= 11 is 3.30. The Kier molecular flexibility index (Phi) is 7.53. The van der Waals surface area contributed by atoms with Crippen LogP contribution in [0.3, 0.4) is 0 Å². The molecule has 6 rings (SSSR count). The van der Waals surface area contributed by atoms with Crippen molar-refractivity contribution in [2.75, 3.05) is 38.7 Å². The number of ether oxygens (including phenoxy) is 1. The molecule has 0 bridgehead atoms. The van der Waals surface area contributed by atoms with E-state index in [1.807, 2.05) is 24.3 Å². The number of hydrogen-bond acceptors (Lipinski definition) is 8. The number of aromatic amines is 1. The maximum atomic E-state index is 12.8. The van der Waals surface area contributed by atoms with Crippen molar-refractivity contribution in [2.24, 2.45) is 0 Å². The number of fused-ring (bicyclic) bond motifs is 3. The molecule has 8 nitrogen and oxygen atoms in total. The van der Waals surface area contributed by atoms with Crippen LogP contribution in [0.4, 0.5) is 5.00 Å². The first-order valence-electron chi connectivity index (χ1n) is 13.0. The summed E-state index contributed by atoms with van der Waals surface area (Å²) in [5.74, 6) is -0.00809. The van der Waals surface area contributed by atoms with Crippen LogP contribution in [-0.4, -0.2) is 49.2 Å². The van der Waals surface area contributed by atoms with E-state index in [1.165, 1.54) is 10.4 Å². The van der Waals surface area contributed by atoms with Gasteiger partial charge in [-0.2, -0.15) is 0 Å². The van der Waals surface area contributed by atoms with Crippen molar-refractivity contribution in [3.63, 3.8) is 0 Å². The highest BCUT2D eigenvalue weighted by atomic mass is 32.1. The Morgan fingerprint density at radius 2 is 1.97 bits per heavy atom. The molecule has 0 atom stereocenters. The zero-order valence-electron chi connectivity index (χ0n) is 21.6. The van der Waals surface area contributed by atoms with Crippen LogP contribution in [0.2, 0.25) is 0 Å². The number of pyridine rings is 1. The van der Waals surface area contributed by atoms with Crippen LogP contribution in [-0.2, 0) is 22.5 Å². The summed E-state index contributed by atoms with van der Waals surface area (Å²) < 4.78 is 6.15. The molecule has 1 aliphatic heterocycles. The number of thiophene rings is 1. The summed E-state index contributed by atoms with van der Waals surface area (Å²) in [5, 5.41) is 13.2. The zero-order chi connectivity index (χ0) is 26.8. The summed E-state index contributed by atoms with van der Waals surface area (Å²) in [6, 6.07) is 14.1. The number of anilines is 1. The lowest BCUT2D eigenvalue weighted by Gasteiger charge is -2.13. The summed E-state index contributed by atoms with van der Waals surface area (Å²) in [5.41, 5.74) is 5.27. The van der Waals surface area contributed by atoms with Crippen molar-refractivity contribution in [1.82, 2.24) is 20.6 Å². The van der Waals surface area contributed by atoms with E-state index in [9.17, 15) is 9.59 Å². The van der Waals surface area contributed by atoms with Crippen LogP contribution >= 0.6 is 22.7 Å². The normalized spacial score (nSPS) is 13.2. The molecule has 1 aliphatic rings. The molecule has 1 amide bonds. The maximum Gasteiger partial charge on any atom is 0.255 e. The number of hydrogen-bond donors (Lipinski definition) is 4. The average molecular weight is 560 g/mol. The lowest BCUT2D eigenvalue weighted by atomic mass is 10.0. The molecule has 0 saturated carbocycles. The minimum absolute atomic E-state index is 0.00809. The molecule has 4 N–H and O–H groups in total. The maximum absolute atomic E-state index is 12.8. The largest absolute Gasteiger partial charge is 0.383 e. The third-order valence-electron chi connectivity index (χ3n) is 6.90.